The van der Waals surface area contributed by atoms with Crippen molar-refractivity contribution in [2.75, 3.05) is 26.3 Å². The third kappa shape index (κ3) is 4.11. The molecule has 1 aliphatic heterocycles. The lowest BCUT2D eigenvalue weighted by Gasteiger charge is -2.18. The van der Waals surface area contributed by atoms with Crippen LogP contribution in [0.25, 0.3) is 0 Å². The lowest BCUT2D eigenvalue weighted by atomic mass is 10.1. The fourth-order valence-corrected chi connectivity index (χ4v) is 2.47. The van der Waals surface area contributed by atoms with E-state index in [-0.39, 0.29) is 24.6 Å². The first kappa shape index (κ1) is 17.7. The molecule has 2 amide bonds. The molecular weight excluding hydrogens is 339 g/mol. The van der Waals surface area contributed by atoms with Crippen molar-refractivity contribution in [2.45, 2.75) is 6.92 Å². The van der Waals surface area contributed by atoms with Gasteiger partial charge in [0, 0.05) is 24.2 Å². The van der Waals surface area contributed by atoms with Crippen molar-refractivity contribution in [1.82, 2.24) is 10.6 Å². The molecule has 7 heteroatoms. The number of amides is 2. The van der Waals surface area contributed by atoms with E-state index in [1.807, 2.05) is 0 Å². The van der Waals surface area contributed by atoms with Crippen LogP contribution in [0.5, 0.6) is 11.5 Å². The predicted molar refractivity (Wildman–Crippen MR) is 93.2 cm³/mol. The summed E-state index contributed by atoms with van der Waals surface area (Å²) >= 11 is 0. The smallest absolute Gasteiger partial charge is 0.251 e. The molecule has 0 fully saturated rings. The second kappa shape index (κ2) is 7.86. The van der Waals surface area contributed by atoms with Gasteiger partial charge in [-0.1, -0.05) is 6.07 Å². The molecule has 3 rings (SSSR count). The van der Waals surface area contributed by atoms with Crippen LogP contribution in [0.15, 0.2) is 36.4 Å². The Kier molecular flexibility index (Phi) is 5.36. The van der Waals surface area contributed by atoms with E-state index in [0.29, 0.717) is 35.8 Å². The highest BCUT2D eigenvalue weighted by atomic mass is 19.1. The van der Waals surface area contributed by atoms with E-state index < -0.39 is 11.7 Å². The normalized spacial score (nSPS) is 12.4. The minimum absolute atomic E-state index is 0.227. The first-order valence-corrected chi connectivity index (χ1v) is 8.27. The standard InChI is InChI=1S/C19H19FN2O4/c1-12-2-3-13(10-15(12)20)18(23)21-6-7-22-19(24)14-4-5-16-17(11-14)26-9-8-25-16/h2-5,10-11H,6-9H2,1H3,(H,21,23)(H,22,24). The Morgan fingerprint density at radius 1 is 0.923 bits per heavy atom. The van der Waals surface area contributed by atoms with Gasteiger partial charge in [0.1, 0.15) is 19.0 Å². The molecule has 0 saturated heterocycles. The summed E-state index contributed by atoms with van der Waals surface area (Å²) in [6, 6.07) is 9.26. The van der Waals surface area contributed by atoms with E-state index in [9.17, 15) is 14.0 Å². The molecule has 2 aromatic carbocycles. The van der Waals surface area contributed by atoms with Gasteiger partial charge >= 0.3 is 0 Å². The molecule has 0 saturated carbocycles. The van der Waals surface area contributed by atoms with Crippen LogP contribution >= 0.6 is 0 Å². The van der Waals surface area contributed by atoms with Crippen LogP contribution in [-0.4, -0.2) is 38.1 Å². The Balaban J connectivity index is 1.48. The molecule has 2 aromatic rings. The number of benzene rings is 2. The zero-order valence-corrected chi connectivity index (χ0v) is 14.3. The Bertz CT molecular complexity index is 838. The number of nitrogens with one attached hydrogen (secondary N) is 2. The van der Waals surface area contributed by atoms with Gasteiger partial charge in [0.05, 0.1) is 0 Å². The number of carbonyl (C=O) groups excluding carboxylic acids is 2. The summed E-state index contributed by atoms with van der Waals surface area (Å²) < 4.78 is 24.3. The van der Waals surface area contributed by atoms with Gasteiger partial charge in [-0.15, -0.1) is 0 Å². The maximum absolute atomic E-state index is 13.5. The molecule has 1 heterocycles. The fourth-order valence-electron chi connectivity index (χ4n) is 2.47. The highest BCUT2D eigenvalue weighted by Crippen LogP contribution is 2.30. The number of fused-ring (bicyclic) bond motifs is 1. The molecular formula is C19H19FN2O4. The molecule has 1 aliphatic rings. The van der Waals surface area contributed by atoms with Crippen molar-refractivity contribution in [2.24, 2.45) is 0 Å². The summed E-state index contributed by atoms with van der Waals surface area (Å²) in [7, 11) is 0. The average Bonchev–Trinajstić information content (AvgIpc) is 2.66. The van der Waals surface area contributed by atoms with Crippen LogP contribution in [-0.2, 0) is 0 Å². The zero-order chi connectivity index (χ0) is 18.5. The minimum Gasteiger partial charge on any atom is -0.486 e. The van der Waals surface area contributed by atoms with E-state index in [0.717, 1.165) is 0 Å². The van der Waals surface area contributed by atoms with Crippen molar-refractivity contribution in [3.63, 3.8) is 0 Å². The predicted octanol–water partition coefficient (Wildman–Crippen LogP) is 2.07. The Labute approximate surface area is 150 Å². The Hall–Kier alpha value is -3.09. The number of rotatable bonds is 5. The van der Waals surface area contributed by atoms with Crippen LogP contribution in [0.3, 0.4) is 0 Å². The monoisotopic (exact) mass is 358 g/mol. The van der Waals surface area contributed by atoms with E-state index in [2.05, 4.69) is 10.6 Å². The SMILES string of the molecule is Cc1ccc(C(=O)NCCNC(=O)c2ccc3c(c2)OCCO3)cc1F. The topological polar surface area (TPSA) is 76.7 Å². The summed E-state index contributed by atoms with van der Waals surface area (Å²) in [5.41, 5.74) is 1.17. The van der Waals surface area contributed by atoms with Gasteiger partial charge in [0.25, 0.3) is 11.8 Å². The van der Waals surface area contributed by atoms with Gasteiger partial charge in [-0.2, -0.15) is 0 Å². The molecule has 136 valence electrons. The van der Waals surface area contributed by atoms with Gasteiger partial charge in [0.2, 0.25) is 0 Å². The zero-order valence-electron chi connectivity index (χ0n) is 14.3. The molecule has 6 nitrogen and oxygen atoms in total. The van der Waals surface area contributed by atoms with Crippen LogP contribution in [0.4, 0.5) is 4.39 Å². The van der Waals surface area contributed by atoms with Crippen LogP contribution in [0, 0.1) is 12.7 Å². The van der Waals surface area contributed by atoms with E-state index >= 15 is 0 Å². The van der Waals surface area contributed by atoms with Gasteiger partial charge < -0.3 is 20.1 Å². The molecule has 0 bridgehead atoms. The summed E-state index contributed by atoms with van der Waals surface area (Å²) in [5, 5.41) is 5.35. The van der Waals surface area contributed by atoms with Crippen LogP contribution in [0.2, 0.25) is 0 Å². The van der Waals surface area contributed by atoms with Crippen molar-refractivity contribution in [1.29, 1.82) is 0 Å². The average molecular weight is 358 g/mol. The maximum Gasteiger partial charge on any atom is 0.251 e. The van der Waals surface area contributed by atoms with E-state index in [4.69, 9.17) is 9.47 Å². The second-order valence-corrected chi connectivity index (χ2v) is 5.83. The summed E-state index contributed by atoms with van der Waals surface area (Å²) in [4.78, 5) is 24.1. The van der Waals surface area contributed by atoms with Crippen LogP contribution < -0.4 is 20.1 Å². The van der Waals surface area contributed by atoms with Crippen molar-refractivity contribution in [3.8, 4) is 11.5 Å². The second-order valence-electron chi connectivity index (χ2n) is 5.83. The van der Waals surface area contributed by atoms with Gasteiger partial charge in [-0.25, -0.2) is 4.39 Å². The summed E-state index contributed by atoms with van der Waals surface area (Å²) in [6.45, 7) is 3.04. The number of hydrogen-bond donors (Lipinski definition) is 2. The van der Waals surface area contributed by atoms with Gasteiger partial charge in [-0.3, -0.25) is 9.59 Å². The van der Waals surface area contributed by atoms with E-state index in [1.54, 1.807) is 37.3 Å². The fraction of sp³-hybridized carbons (Fsp3) is 0.263. The third-order valence-electron chi connectivity index (χ3n) is 3.93. The largest absolute Gasteiger partial charge is 0.486 e. The van der Waals surface area contributed by atoms with Gasteiger partial charge in [-0.05, 0) is 42.8 Å². The number of carbonyl (C=O) groups is 2. The quantitative estimate of drug-likeness (QED) is 0.803. The molecule has 0 unspecified atom stereocenters. The summed E-state index contributed by atoms with van der Waals surface area (Å²) in [5.74, 6) is 0.0589. The first-order chi connectivity index (χ1) is 12.5. The number of ether oxygens (including phenoxy) is 2. The van der Waals surface area contributed by atoms with Gasteiger partial charge in [0.15, 0.2) is 11.5 Å². The molecule has 0 aliphatic carbocycles. The highest BCUT2D eigenvalue weighted by molar-refractivity contribution is 5.95. The molecule has 2 N–H and O–H groups in total. The Morgan fingerprint density at radius 2 is 1.50 bits per heavy atom. The third-order valence-corrected chi connectivity index (χ3v) is 3.93. The number of aryl methyl sites for hydroxylation is 1. The molecule has 26 heavy (non-hydrogen) atoms. The van der Waals surface area contributed by atoms with Crippen molar-refractivity contribution < 1.29 is 23.5 Å². The number of halogens is 1. The van der Waals surface area contributed by atoms with Crippen molar-refractivity contribution in [3.05, 3.63) is 58.9 Å². The maximum atomic E-state index is 13.5. The molecule has 0 spiro atoms. The lowest BCUT2D eigenvalue weighted by Crippen LogP contribution is -2.34. The lowest BCUT2D eigenvalue weighted by molar-refractivity contribution is 0.0927. The first-order valence-electron chi connectivity index (χ1n) is 8.27. The molecule has 0 aromatic heterocycles. The Morgan fingerprint density at radius 3 is 2.15 bits per heavy atom. The highest BCUT2D eigenvalue weighted by Gasteiger charge is 2.15. The minimum atomic E-state index is -0.426. The number of hydrogen-bond acceptors (Lipinski definition) is 4. The van der Waals surface area contributed by atoms with Crippen molar-refractivity contribution >= 4 is 11.8 Å². The van der Waals surface area contributed by atoms with E-state index in [1.165, 1.54) is 6.07 Å². The summed E-state index contributed by atoms with van der Waals surface area (Å²) in [6.07, 6.45) is 0. The molecule has 0 atom stereocenters. The van der Waals surface area contributed by atoms with Crippen LogP contribution in [0.1, 0.15) is 26.3 Å². The molecule has 0 radical (unpaired) electrons.